The van der Waals surface area contributed by atoms with Gasteiger partial charge in [0.25, 0.3) is 0 Å². The molecule has 0 bridgehead atoms. The zero-order valence-corrected chi connectivity index (χ0v) is 15.8. The van der Waals surface area contributed by atoms with Crippen molar-refractivity contribution >= 4 is 16.8 Å². The van der Waals surface area contributed by atoms with Crippen molar-refractivity contribution in [1.29, 1.82) is 0 Å². The molecule has 24 heavy (non-hydrogen) atoms. The van der Waals surface area contributed by atoms with Crippen LogP contribution < -0.4 is 22.1 Å². The lowest BCUT2D eigenvalue weighted by molar-refractivity contribution is -0.118. The van der Waals surface area contributed by atoms with Crippen LogP contribution in [0.5, 0.6) is 0 Å². The first-order valence-corrected chi connectivity index (χ1v) is 10.1. The van der Waals surface area contributed by atoms with Crippen LogP contribution in [-0.4, -0.2) is 44.0 Å². The molecule has 0 aromatic carbocycles. The van der Waals surface area contributed by atoms with E-state index in [1.54, 1.807) is 0 Å². The van der Waals surface area contributed by atoms with Gasteiger partial charge in [-0.05, 0) is 88.8 Å². The van der Waals surface area contributed by atoms with E-state index in [1.165, 1.54) is 19.3 Å². The predicted molar refractivity (Wildman–Crippen MR) is 102 cm³/mol. The van der Waals surface area contributed by atoms with Gasteiger partial charge in [0, 0.05) is 6.04 Å². The third-order valence-corrected chi connectivity index (χ3v) is 5.32. The number of carbonyl (C=O) groups excluding carboxylic acids is 1. The van der Waals surface area contributed by atoms with Crippen LogP contribution >= 0.6 is 11.6 Å². The van der Waals surface area contributed by atoms with Gasteiger partial charge in [0.05, 0.1) is 5.92 Å². The summed E-state index contributed by atoms with van der Waals surface area (Å²) < 4.78 is 0. The molecule has 1 fully saturated rings. The Hall–Kier alpha value is -0.200. The maximum absolute atomic E-state index is 12.2. The molecule has 0 heterocycles. The zero-order valence-electron chi connectivity index (χ0n) is 15.1. The summed E-state index contributed by atoms with van der Waals surface area (Å²) in [4.78, 5) is 12.2. The largest absolute Gasteiger partial charge is 0.330 e. The van der Waals surface area contributed by atoms with Gasteiger partial charge in [0.1, 0.15) is 0 Å². The minimum atomic E-state index is -0.164. The van der Waals surface area contributed by atoms with Crippen LogP contribution in [0.1, 0.15) is 57.8 Å². The highest BCUT2D eigenvalue weighted by molar-refractivity contribution is 6.64. The van der Waals surface area contributed by atoms with E-state index in [0.29, 0.717) is 12.5 Å². The second kappa shape index (κ2) is 14.0. The third kappa shape index (κ3) is 8.77. The van der Waals surface area contributed by atoms with Crippen molar-refractivity contribution in [2.45, 2.75) is 63.8 Å². The summed E-state index contributed by atoms with van der Waals surface area (Å²) in [5.41, 5.74) is 11.1. The molecule has 6 heteroatoms. The highest BCUT2D eigenvalue weighted by Gasteiger charge is 2.34. The van der Waals surface area contributed by atoms with E-state index in [9.17, 15) is 4.79 Å². The summed E-state index contributed by atoms with van der Waals surface area (Å²) in [6.07, 6.45) is 9.94. The van der Waals surface area contributed by atoms with Gasteiger partial charge < -0.3 is 22.1 Å². The van der Waals surface area contributed by atoms with Crippen molar-refractivity contribution in [2.24, 2.45) is 23.3 Å². The van der Waals surface area contributed by atoms with Crippen molar-refractivity contribution in [3.05, 3.63) is 0 Å². The Labute approximate surface area is 152 Å². The lowest BCUT2D eigenvalue weighted by Crippen LogP contribution is -2.44. The summed E-state index contributed by atoms with van der Waals surface area (Å²) in [7, 11) is 0. The SMILES string of the molecule is NCCCNCCCC(NCCCN)C(C(=O)Cl)C1CCCCC1. The van der Waals surface area contributed by atoms with E-state index in [4.69, 9.17) is 23.1 Å². The number of nitrogens with two attached hydrogens (primary N) is 2. The van der Waals surface area contributed by atoms with E-state index in [2.05, 4.69) is 10.6 Å². The van der Waals surface area contributed by atoms with Crippen molar-refractivity contribution < 1.29 is 4.79 Å². The predicted octanol–water partition coefficient (Wildman–Crippen LogP) is 1.97. The molecule has 0 aliphatic heterocycles. The zero-order chi connectivity index (χ0) is 17.6. The van der Waals surface area contributed by atoms with E-state index < -0.39 is 0 Å². The quantitative estimate of drug-likeness (QED) is 0.281. The van der Waals surface area contributed by atoms with Gasteiger partial charge >= 0.3 is 0 Å². The molecule has 2 unspecified atom stereocenters. The molecular weight excluding hydrogens is 324 g/mol. The van der Waals surface area contributed by atoms with Gasteiger partial charge in [0.2, 0.25) is 5.24 Å². The number of nitrogens with one attached hydrogen (secondary N) is 2. The van der Waals surface area contributed by atoms with Crippen molar-refractivity contribution in [2.75, 3.05) is 32.7 Å². The highest BCUT2D eigenvalue weighted by Crippen LogP contribution is 2.34. The van der Waals surface area contributed by atoms with Gasteiger partial charge in [-0.3, -0.25) is 4.79 Å². The Morgan fingerprint density at radius 2 is 1.62 bits per heavy atom. The van der Waals surface area contributed by atoms with Crippen LogP contribution in [0.2, 0.25) is 0 Å². The van der Waals surface area contributed by atoms with Gasteiger partial charge in [-0.15, -0.1) is 0 Å². The molecular formula is C18H37ClN4O. The number of rotatable bonds is 14. The standard InChI is InChI=1S/C18H37ClN4O/c19-18(24)17(15-7-2-1-3-8-15)16(23-14-6-11-21)9-4-12-22-13-5-10-20/h15-17,22-23H,1-14,20-21H2. The maximum Gasteiger partial charge on any atom is 0.226 e. The fourth-order valence-corrected chi connectivity index (χ4v) is 4.09. The monoisotopic (exact) mass is 360 g/mol. The lowest BCUT2D eigenvalue weighted by Gasteiger charge is -2.34. The van der Waals surface area contributed by atoms with Gasteiger partial charge in [0.15, 0.2) is 0 Å². The summed E-state index contributed by atoms with van der Waals surface area (Å²) in [5, 5.41) is 6.82. The molecule has 1 saturated carbocycles. The van der Waals surface area contributed by atoms with Crippen molar-refractivity contribution in [3.63, 3.8) is 0 Å². The second-order valence-corrected chi connectivity index (χ2v) is 7.34. The Morgan fingerprint density at radius 3 is 2.25 bits per heavy atom. The fourth-order valence-electron chi connectivity index (χ4n) is 3.76. The molecule has 0 spiro atoms. The Balaban J connectivity index is 2.53. The van der Waals surface area contributed by atoms with Crippen LogP contribution in [-0.2, 0) is 4.79 Å². The molecule has 0 radical (unpaired) electrons. The summed E-state index contributed by atoms with van der Waals surface area (Å²) >= 11 is 6.03. The lowest BCUT2D eigenvalue weighted by atomic mass is 9.76. The van der Waals surface area contributed by atoms with E-state index in [1.807, 2.05) is 0 Å². The number of halogens is 1. The van der Waals surface area contributed by atoms with E-state index in [0.717, 1.165) is 64.7 Å². The van der Waals surface area contributed by atoms with Crippen molar-refractivity contribution in [1.82, 2.24) is 10.6 Å². The Morgan fingerprint density at radius 1 is 1.00 bits per heavy atom. The van der Waals surface area contributed by atoms with Gasteiger partial charge in [-0.2, -0.15) is 0 Å². The minimum absolute atomic E-state index is 0.0613. The average Bonchev–Trinajstić information content (AvgIpc) is 2.58. The minimum Gasteiger partial charge on any atom is -0.330 e. The van der Waals surface area contributed by atoms with E-state index in [-0.39, 0.29) is 17.2 Å². The van der Waals surface area contributed by atoms with Gasteiger partial charge in [-0.25, -0.2) is 0 Å². The molecule has 1 aliphatic carbocycles. The Kier molecular flexibility index (Phi) is 12.8. The number of hydrogen-bond donors (Lipinski definition) is 4. The molecule has 2 atom stereocenters. The van der Waals surface area contributed by atoms with Crippen LogP contribution in [0.25, 0.3) is 0 Å². The smallest absolute Gasteiger partial charge is 0.226 e. The number of carbonyl (C=O) groups is 1. The summed E-state index contributed by atoms with van der Waals surface area (Å²) in [5.74, 6) is 0.373. The second-order valence-electron chi connectivity index (χ2n) is 6.97. The fraction of sp³-hybridized carbons (Fsp3) is 0.944. The average molecular weight is 361 g/mol. The van der Waals surface area contributed by atoms with Crippen LogP contribution in [0.3, 0.4) is 0 Å². The first kappa shape index (κ1) is 21.8. The first-order chi connectivity index (χ1) is 11.7. The summed E-state index contributed by atoms with van der Waals surface area (Å²) in [6.45, 7) is 4.17. The topological polar surface area (TPSA) is 93.2 Å². The Bertz CT molecular complexity index is 324. The number of hydrogen-bond acceptors (Lipinski definition) is 5. The molecule has 5 nitrogen and oxygen atoms in total. The molecule has 142 valence electrons. The molecule has 0 saturated heterocycles. The molecule has 6 N–H and O–H groups in total. The first-order valence-electron chi connectivity index (χ1n) is 9.74. The van der Waals surface area contributed by atoms with E-state index >= 15 is 0 Å². The van der Waals surface area contributed by atoms with Crippen LogP contribution in [0, 0.1) is 11.8 Å². The van der Waals surface area contributed by atoms with Gasteiger partial charge in [-0.1, -0.05) is 19.3 Å². The van der Waals surface area contributed by atoms with Crippen LogP contribution in [0.4, 0.5) is 0 Å². The summed E-state index contributed by atoms with van der Waals surface area (Å²) in [6, 6.07) is 0.168. The van der Waals surface area contributed by atoms with Crippen LogP contribution in [0.15, 0.2) is 0 Å². The molecule has 0 amide bonds. The third-order valence-electron chi connectivity index (χ3n) is 5.07. The molecule has 0 aromatic rings. The molecule has 1 aliphatic rings. The maximum atomic E-state index is 12.2. The normalized spacial score (nSPS) is 18.5. The highest BCUT2D eigenvalue weighted by atomic mass is 35.5. The molecule has 1 rings (SSSR count). The molecule has 0 aromatic heterocycles. The van der Waals surface area contributed by atoms with Crippen molar-refractivity contribution in [3.8, 4) is 0 Å².